The Bertz CT molecular complexity index is 1100. The summed E-state index contributed by atoms with van der Waals surface area (Å²) in [5, 5.41) is 1.79. The van der Waals surface area contributed by atoms with E-state index in [1.54, 1.807) is 18.2 Å². The maximum absolute atomic E-state index is 12.7. The molecule has 1 aliphatic rings. The Morgan fingerprint density at radius 3 is 2.41 bits per heavy atom. The van der Waals surface area contributed by atoms with Crippen LogP contribution in [0.2, 0.25) is 0 Å². The Labute approximate surface area is 158 Å². The molecule has 1 saturated heterocycles. The minimum Gasteiger partial charge on any atom is -0.422 e. The van der Waals surface area contributed by atoms with Crippen LogP contribution in [-0.2, 0) is 10.0 Å². The van der Waals surface area contributed by atoms with Gasteiger partial charge in [-0.25, -0.2) is 13.2 Å². The van der Waals surface area contributed by atoms with Gasteiger partial charge in [0.15, 0.2) is 0 Å². The van der Waals surface area contributed by atoms with Crippen molar-refractivity contribution in [3.8, 4) is 5.75 Å². The van der Waals surface area contributed by atoms with Crippen LogP contribution in [0.3, 0.4) is 0 Å². The van der Waals surface area contributed by atoms with E-state index < -0.39 is 16.0 Å². The van der Waals surface area contributed by atoms with Crippen LogP contribution in [0.15, 0.2) is 71.6 Å². The third-order valence-electron chi connectivity index (χ3n) is 4.72. The first kappa shape index (κ1) is 17.7. The minimum absolute atomic E-state index is 0.122. The van der Waals surface area contributed by atoms with Crippen LogP contribution in [0.1, 0.15) is 23.2 Å². The molecule has 3 aromatic rings. The summed E-state index contributed by atoms with van der Waals surface area (Å²) in [6.07, 6.45) is 1.73. The van der Waals surface area contributed by atoms with Gasteiger partial charge in [0.1, 0.15) is 5.75 Å². The fraction of sp³-hybridized carbons (Fsp3) is 0.190. The zero-order valence-electron chi connectivity index (χ0n) is 14.7. The molecular formula is C21H19NO4S. The Morgan fingerprint density at radius 1 is 0.889 bits per heavy atom. The van der Waals surface area contributed by atoms with E-state index in [2.05, 4.69) is 0 Å². The van der Waals surface area contributed by atoms with Crippen molar-refractivity contribution in [2.45, 2.75) is 17.7 Å². The molecule has 0 aliphatic carbocycles. The molecule has 0 radical (unpaired) electrons. The summed E-state index contributed by atoms with van der Waals surface area (Å²) in [6, 6.07) is 19.1. The van der Waals surface area contributed by atoms with Gasteiger partial charge in [-0.3, -0.25) is 0 Å². The van der Waals surface area contributed by atoms with E-state index in [1.807, 2.05) is 36.4 Å². The molecule has 1 aliphatic heterocycles. The van der Waals surface area contributed by atoms with E-state index >= 15 is 0 Å². The van der Waals surface area contributed by atoms with E-state index in [-0.39, 0.29) is 10.5 Å². The van der Waals surface area contributed by atoms with Crippen LogP contribution in [0, 0.1) is 0 Å². The van der Waals surface area contributed by atoms with E-state index in [0.717, 1.165) is 23.6 Å². The second kappa shape index (κ2) is 7.13. The molecule has 0 unspecified atom stereocenters. The maximum atomic E-state index is 12.7. The highest BCUT2D eigenvalue weighted by atomic mass is 32.2. The number of hydrogen-bond acceptors (Lipinski definition) is 4. The van der Waals surface area contributed by atoms with Crippen LogP contribution in [0.4, 0.5) is 0 Å². The van der Waals surface area contributed by atoms with Crippen LogP contribution < -0.4 is 4.74 Å². The van der Waals surface area contributed by atoms with Gasteiger partial charge in [-0.05, 0) is 42.5 Å². The molecule has 138 valence electrons. The molecule has 0 bridgehead atoms. The van der Waals surface area contributed by atoms with Crippen LogP contribution >= 0.6 is 0 Å². The summed E-state index contributed by atoms with van der Waals surface area (Å²) in [5.41, 5.74) is 0.211. The lowest BCUT2D eigenvalue weighted by Crippen LogP contribution is -2.28. The molecule has 0 aromatic heterocycles. The summed E-state index contributed by atoms with van der Waals surface area (Å²) in [5.74, 6) is -0.129. The molecule has 0 spiro atoms. The summed E-state index contributed by atoms with van der Waals surface area (Å²) < 4.78 is 32.5. The Hall–Kier alpha value is -2.70. The minimum atomic E-state index is -3.58. The van der Waals surface area contributed by atoms with E-state index in [4.69, 9.17) is 4.74 Å². The number of benzene rings is 3. The number of hydrogen-bond donors (Lipinski definition) is 0. The molecule has 0 atom stereocenters. The lowest BCUT2D eigenvalue weighted by molar-refractivity contribution is 0.0737. The SMILES string of the molecule is O=C(Oc1cccc2ccccc12)c1cccc(S(=O)(=O)N2CCCC2)c1. The molecule has 27 heavy (non-hydrogen) atoms. The number of esters is 1. The van der Waals surface area contributed by atoms with Gasteiger partial charge in [0.05, 0.1) is 10.5 Å². The molecule has 4 rings (SSSR count). The lowest BCUT2D eigenvalue weighted by Gasteiger charge is -2.16. The van der Waals surface area contributed by atoms with Crippen LogP contribution in [0.25, 0.3) is 10.8 Å². The molecule has 0 saturated carbocycles. The Kier molecular flexibility index (Phi) is 4.68. The molecule has 0 N–H and O–H groups in total. The van der Waals surface area contributed by atoms with Crippen molar-refractivity contribution in [3.63, 3.8) is 0 Å². The number of nitrogens with zero attached hydrogens (tertiary/aromatic N) is 1. The monoisotopic (exact) mass is 381 g/mol. The number of sulfonamides is 1. The highest BCUT2D eigenvalue weighted by Gasteiger charge is 2.27. The van der Waals surface area contributed by atoms with Crippen molar-refractivity contribution in [3.05, 3.63) is 72.3 Å². The lowest BCUT2D eigenvalue weighted by atomic mass is 10.1. The molecular weight excluding hydrogens is 362 g/mol. The van der Waals surface area contributed by atoms with Gasteiger partial charge >= 0.3 is 5.97 Å². The third-order valence-corrected chi connectivity index (χ3v) is 6.62. The summed E-state index contributed by atoms with van der Waals surface area (Å²) in [4.78, 5) is 12.7. The van der Waals surface area contributed by atoms with Gasteiger partial charge in [-0.1, -0.05) is 42.5 Å². The largest absolute Gasteiger partial charge is 0.422 e. The highest BCUT2D eigenvalue weighted by molar-refractivity contribution is 7.89. The Balaban J connectivity index is 1.63. The molecule has 6 heteroatoms. The molecule has 5 nitrogen and oxygen atoms in total. The molecule has 1 fully saturated rings. The van der Waals surface area contributed by atoms with E-state index in [1.165, 1.54) is 16.4 Å². The van der Waals surface area contributed by atoms with Gasteiger partial charge in [-0.15, -0.1) is 0 Å². The maximum Gasteiger partial charge on any atom is 0.343 e. The summed E-state index contributed by atoms with van der Waals surface area (Å²) >= 11 is 0. The molecule has 0 amide bonds. The van der Waals surface area contributed by atoms with Crippen LogP contribution in [0.5, 0.6) is 5.75 Å². The zero-order chi connectivity index (χ0) is 18.9. The van der Waals surface area contributed by atoms with Gasteiger partial charge in [-0.2, -0.15) is 4.31 Å². The normalized spacial score (nSPS) is 15.1. The number of fused-ring (bicyclic) bond motifs is 1. The van der Waals surface area contributed by atoms with Crippen molar-refractivity contribution < 1.29 is 17.9 Å². The first-order valence-electron chi connectivity index (χ1n) is 8.86. The predicted octanol–water partition coefficient (Wildman–Crippen LogP) is 3.84. The fourth-order valence-electron chi connectivity index (χ4n) is 3.30. The van der Waals surface area contributed by atoms with Crippen molar-refractivity contribution in [1.82, 2.24) is 4.31 Å². The Morgan fingerprint density at radius 2 is 1.59 bits per heavy atom. The first-order chi connectivity index (χ1) is 13.1. The average molecular weight is 381 g/mol. The quantitative estimate of drug-likeness (QED) is 0.509. The van der Waals surface area contributed by atoms with Crippen molar-refractivity contribution >= 4 is 26.8 Å². The van der Waals surface area contributed by atoms with Gasteiger partial charge in [0.25, 0.3) is 0 Å². The van der Waals surface area contributed by atoms with E-state index in [0.29, 0.717) is 18.8 Å². The number of carbonyl (C=O) groups excluding carboxylic acids is 1. The summed E-state index contributed by atoms with van der Waals surface area (Å²) in [7, 11) is -3.58. The average Bonchev–Trinajstić information content (AvgIpc) is 3.24. The van der Waals surface area contributed by atoms with Crippen LogP contribution in [-0.4, -0.2) is 31.8 Å². The smallest absolute Gasteiger partial charge is 0.343 e. The number of carbonyl (C=O) groups is 1. The van der Waals surface area contributed by atoms with Gasteiger partial charge < -0.3 is 4.74 Å². The fourth-order valence-corrected chi connectivity index (χ4v) is 4.87. The van der Waals surface area contributed by atoms with Crippen molar-refractivity contribution in [2.75, 3.05) is 13.1 Å². The van der Waals surface area contributed by atoms with Gasteiger partial charge in [0, 0.05) is 18.5 Å². The van der Waals surface area contributed by atoms with Gasteiger partial charge in [0.2, 0.25) is 10.0 Å². The second-order valence-electron chi connectivity index (χ2n) is 6.51. The number of ether oxygens (including phenoxy) is 1. The first-order valence-corrected chi connectivity index (χ1v) is 10.3. The zero-order valence-corrected chi connectivity index (χ0v) is 15.5. The molecule has 3 aromatic carbocycles. The summed E-state index contributed by atoms with van der Waals surface area (Å²) in [6.45, 7) is 1.04. The molecule has 1 heterocycles. The van der Waals surface area contributed by atoms with E-state index in [9.17, 15) is 13.2 Å². The second-order valence-corrected chi connectivity index (χ2v) is 8.44. The number of rotatable bonds is 4. The third kappa shape index (κ3) is 3.46. The highest BCUT2D eigenvalue weighted by Crippen LogP contribution is 2.27. The van der Waals surface area contributed by atoms with Crippen molar-refractivity contribution in [2.24, 2.45) is 0 Å². The predicted molar refractivity (Wildman–Crippen MR) is 103 cm³/mol. The topological polar surface area (TPSA) is 63.7 Å². The van der Waals surface area contributed by atoms with Crippen molar-refractivity contribution in [1.29, 1.82) is 0 Å². The standard InChI is InChI=1S/C21H19NO4S/c23-21(26-20-12-6-8-16-7-1-2-11-19(16)20)17-9-5-10-18(15-17)27(24,25)22-13-3-4-14-22/h1-2,5-12,15H,3-4,13-14H2.